The fourth-order valence-corrected chi connectivity index (χ4v) is 7.79. The van der Waals surface area contributed by atoms with Crippen LogP contribution in [0.25, 0.3) is 11.0 Å². The standard InChI is InChI=1S/C34H46N8O3S/c1-24(2)46(43,44)31-9-7-6-8-25(31)23-35-33-32-29(14-15-40(32)4)37-34(38-33)36-28-11-10-27(22-30(28)45-5)41-16-12-26(13-17-41)42-20-18-39(3)19-21-42/h6-11,14-15,22,24,26H,12-13,16-21,23H2,1-5H3,(H2,35,36,37,38). The second-order valence-electron chi connectivity index (χ2n) is 12.7. The average molecular weight is 647 g/mol. The molecule has 2 aliphatic heterocycles. The van der Waals surface area contributed by atoms with Crippen molar-refractivity contribution >= 4 is 44.0 Å². The third-order valence-electron chi connectivity index (χ3n) is 9.38. The molecular formula is C34H46N8O3S. The Morgan fingerprint density at radius 1 is 0.957 bits per heavy atom. The molecule has 6 rings (SSSR count). The highest BCUT2D eigenvalue weighted by atomic mass is 32.2. The third-order valence-corrected chi connectivity index (χ3v) is 11.6. The third kappa shape index (κ3) is 6.65. The lowest BCUT2D eigenvalue weighted by Gasteiger charge is -2.42. The van der Waals surface area contributed by atoms with Crippen molar-refractivity contribution in [3.05, 3.63) is 60.3 Å². The van der Waals surface area contributed by atoms with Gasteiger partial charge < -0.3 is 29.7 Å². The van der Waals surface area contributed by atoms with Crippen LogP contribution < -0.4 is 20.3 Å². The molecule has 4 heterocycles. The topological polar surface area (TPSA) is 108 Å². The van der Waals surface area contributed by atoms with Gasteiger partial charge in [0.15, 0.2) is 15.7 Å². The Bertz CT molecular complexity index is 1770. The number of piperidine rings is 1. The highest BCUT2D eigenvalue weighted by Crippen LogP contribution is 2.34. The van der Waals surface area contributed by atoms with E-state index in [1.165, 1.54) is 12.8 Å². The molecule has 0 spiro atoms. The van der Waals surface area contributed by atoms with E-state index in [4.69, 9.17) is 14.7 Å². The number of methoxy groups -OCH3 is 1. The number of likely N-dealkylation sites (N-methyl/N-ethyl adjacent to an activating group) is 1. The van der Waals surface area contributed by atoms with Crippen LogP contribution in [0.4, 0.5) is 23.1 Å². The van der Waals surface area contributed by atoms with Gasteiger partial charge in [-0.15, -0.1) is 0 Å². The van der Waals surface area contributed by atoms with Crippen LogP contribution in [0.1, 0.15) is 32.3 Å². The van der Waals surface area contributed by atoms with E-state index >= 15 is 0 Å². The number of piperazine rings is 1. The Morgan fingerprint density at radius 3 is 2.41 bits per heavy atom. The fraction of sp³-hybridized carbons (Fsp3) is 0.471. The van der Waals surface area contributed by atoms with Crippen molar-refractivity contribution in [1.29, 1.82) is 0 Å². The number of hydrogen-bond acceptors (Lipinski definition) is 10. The summed E-state index contributed by atoms with van der Waals surface area (Å²) in [6, 6.07) is 16.0. The van der Waals surface area contributed by atoms with E-state index in [0.717, 1.165) is 67.4 Å². The fourth-order valence-electron chi connectivity index (χ4n) is 6.51. The zero-order valence-corrected chi connectivity index (χ0v) is 28.3. The number of rotatable bonds is 10. The van der Waals surface area contributed by atoms with Gasteiger partial charge in [0, 0.05) is 76.9 Å². The highest BCUT2D eigenvalue weighted by Gasteiger charge is 2.27. The molecule has 246 valence electrons. The van der Waals surface area contributed by atoms with Gasteiger partial charge in [-0.1, -0.05) is 18.2 Å². The molecule has 4 aromatic rings. The monoisotopic (exact) mass is 646 g/mol. The quantitative estimate of drug-likeness (QED) is 0.251. The molecule has 2 aromatic carbocycles. The molecule has 11 nitrogen and oxygen atoms in total. The van der Waals surface area contributed by atoms with Crippen molar-refractivity contribution in [2.24, 2.45) is 7.05 Å². The van der Waals surface area contributed by atoms with E-state index in [1.807, 2.05) is 42.1 Å². The summed E-state index contributed by atoms with van der Waals surface area (Å²) >= 11 is 0. The van der Waals surface area contributed by atoms with Crippen molar-refractivity contribution in [3.63, 3.8) is 0 Å². The summed E-state index contributed by atoms with van der Waals surface area (Å²) in [5.41, 5.74) is 4.21. The molecule has 12 heteroatoms. The van der Waals surface area contributed by atoms with E-state index in [0.29, 0.717) is 34.8 Å². The first-order chi connectivity index (χ1) is 22.1. The second-order valence-corrected chi connectivity index (χ2v) is 15.2. The van der Waals surface area contributed by atoms with Gasteiger partial charge in [0.05, 0.1) is 28.5 Å². The lowest BCUT2D eigenvalue weighted by atomic mass is 10.0. The van der Waals surface area contributed by atoms with Crippen LogP contribution in [-0.4, -0.2) is 97.5 Å². The molecule has 0 radical (unpaired) electrons. The Labute approximate surface area is 272 Å². The van der Waals surface area contributed by atoms with E-state index < -0.39 is 15.1 Å². The largest absolute Gasteiger partial charge is 0.494 e. The smallest absolute Gasteiger partial charge is 0.229 e. The SMILES string of the molecule is COc1cc(N2CCC(N3CCN(C)CC3)CC2)ccc1Nc1nc(NCc2ccccc2S(=O)(=O)C(C)C)c2c(ccn2C)n1. The average Bonchev–Trinajstić information content (AvgIpc) is 3.44. The molecule has 46 heavy (non-hydrogen) atoms. The van der Waals surface area contributed by atoms with E-state index in [2.05, 4.69) is 44.5 Å². The van der Waals surface area contributed by atoms with Crippen molar-refractivity contribution < 1.29 is 13.2 Å². The maximum absolute atomic E-state index is 13.0. The minimum absolute atomic E-state index is 0.294. The number of sulfone groups is 1. The minimum Gasteiger partial charge on any atom is -0.494 e. The Kier molecular flexibility index (Phi) is 9.39. The Balaban J connectivity index is 1.19. The van der Waals surface area contributed by atoms with Crippen LogP contribution >= 0.6 is 0 Å². The van der Waals surface area contributed by atoms with Crippen molar-refractivity contribution in [1.82, 2.24) is 24.3 Å². The van der Waals surface area contributed by atoms with Crippen molar-refractivity contribution in [3.8, 4) is 5.75 Å². The van der Waals surface area contributed by atoms with Gasteiger partial charge in [-0.05, 0) is 63.6 Å². The maximum atomic E-state index is 13.0. The predicted molar refractivity (Wildman–Crippen MR) is 185 cm³/mol. The molecule has 2 saturated heterocycles. The molecular weight excluding hydrogens is 600 g/mol. The van der Waals surface area contributed by atoms with Gasteiger partial charge in [-0.3, -0.25) is 4.90 Å². The van der Waals surface area contributed by atoms with Crippen LogP contribution in [0.2, 0.25) is 0 Å². The van der Waals surface area contributed by atoms with Gasteiger partial charge >= 0.3 is 0 Å². The number of anilines is 4. The summed E-state index contributed by atoms with van der Waals surface area (Å²) < 4.78 is 33.9. The zero-order chi connectivity index (χ0) is 32.4. The summed E-state index contributed by atoms with van der Waals surface area (Å²) in [5.74, 6) is 1.75. The number of benzene rings is 2. The van der Waals surface area contributed by atoms with E-state index in [-0.39, 0.29) is 0 Å². The maximum Gasteiger partial charge on any atom is 0.229 e. The number of fused-ring (bicyclic) bond motifs is 1. The Hall–Kier alpha value is -3.87. The molecule has 0 aliphatic carbocycles. The summed E-state index contributed by atoms with van der Waals surface area (Å²) in [5, 5.41) is 6.26. The minimum atomic E-state index is -3.44. The molecule has 2 aromatic heterocycles. The van der Waals surface area contributed by atoms with E-state index in [1.54, 1.807) is 33.1 Å². The molecule has 0 saturated carbocycles. The van der Waals surface area contributed by atoms with Crippen molar-refractivity contribution in [2.75, 3.05) is 69.0 Å². The number of hydrogen-bond donors (Lipinski definition) is 2. The molecule has 0 atom stereocenters. The molecule has 2 N–H and O–H groups in total. The number of ether oxygens (including phenoxy) is 1. The second kappa shape index (κ2) is 13.5. The first-order valence-electron chi connectivity index (χ1n) is 16.2. The van der Waals surface area contributed by atoms with Crippen LogP contribution in [0.3, 0.4) is 0 Å². The lowest BCUT2D eigenvalue weighted by molar-refractivity contribution is 0.0982. The van der Waals surface area contributed by atoms with Crippen LogP contribution in [-0.2, 0) is 23.4 Å². The van der Waals surface area contributed by atoms with Gasteiger partial charge in [0.2, 0.25) is 5.95 Å². The van der Waals surface area contributed by atoms with Gasteiger partial charge in [-0.2, -0.15) is 4.98 Å². The summed E-state index contributed by atoms with van der Waals surface area (Å²) in [7, 11) is 2.39. The van der Waals surface area contributed by atoms with Crippen molar-refractivity contribution in [2.45, 2.75) is 49.4 Å². The van der Waals surface area contributed by atoms with Gasteiger partial charge in [0.1, 0.15) is 11.3 Å². The molecule has 0 bridgehead atoms. The van der Waals surface area contributed by atoms with Crippen LogP contribution in [0, 0.1) is 0 Å². The Morgan fingerprint density at radius 2 is 1.70 bits per heavy atom. The van der Waals surface area contributed by atoms with Gasteiger partial charge in [0.25, 0.3) is 0 Å². The lowest BCUT2D eigenvalue weighted by Crippen LogP contribution is -2.52. The molecule has 2 fully saturated rings. The normalized spacial score (nSPS) is 17.1. The number of nitrogens with one attached hydrogen (secondary N) is 2. The van der Waals surface area contributed by atoms with Crippen LogP contribution in [0.5, 0.6) is 5.75 Å². The number of aromatic nitrogens is 3. The van der Waals surface area contributed by atoms with Crippen LogP contribution in [0.15, 0.2) is 59.6 Å². The summed E-state index contributed by atoms with van der Waals surface area (Å²) in [6.45, 7) is 10.4. The molecule has 0 amide bonds. The first kappa shape index (κ1) is 32.1. The molecule has 2 aliphatic rings. The zero-order valence-electron chi connectivity index (χ0n) is 27.5. The summed E-state index contributed by atoms with van der Waals surface area (Å²) in [6.07, 6.45) is 4.27. The molecule has 0 unspecified atom stereocenters. The highest BCUT2D eigenvalue weighted by molar-refractivity contribution is 7.92. The number of nitrogens with zero attached hydrogens (tertiary/aromatic N) is 6. The first-order valence-corrected chi connectivity index (χ1v) is 17.7. The predicted octanol–water partition coefficient (Wildman–Crippen LogP) is 4.73. The summed E-state index contributed by atoms with van der Waals surface area (Å²) in [4.78, 5) is 17.5. The van der Waals surface area contributed by atoms with E-state index in [9.17, 15) is 8.42 Å². The number of aryl methyl sites for hydroxylation is 1. The van der Waals surface area contributed by atoms with Gasteiger partial charge in [-0.25, -0.2) is 13.4 Å².